The molecule has 6 nitrogen and oxygen atoms in total. The fourth-order valence-electron chi connectivity index (χ4n) is 3.95. The van der Waals surface area contributed by atoms with Gasteiger partial charge in [0.15, 0.2) is 0 Å². The lowest BCUT2D eigenvalue weighted by Crippen LogP contribution is -2.29. The van der Waals surface area contributed by atoms with E-state index in [1.165, 1.54) is 30.3 Å². The van der Waals surface area contributed by atoms with Crippen LogP contribution in [0.5, 0.6) is 11.5 Å². The number of carbonyl (C=O) groups is 2. The van der Waals surface area contributed by atoms with Gasteiger partial charge in [-0.15, -0.1) is 0 Å². The summed E-state index contributed by atoms with van der Waals surface area (Å²) in [7, 11) is 0. The third kappa shape index (κ3) is 4.57. The summed E-state index contributed by atoms with van der Waals surface area (Å²) >= 11 is 0. The number of amides is 1. The highest BCUT2D eigenvalue weighted by molar-refractivity contribution is 6.51. The van der Waals surface area contributed by atoms with Gasteiger partial charge in [0.1, 0.15) is 17.3 Å². The molecule has 1 unspecified atom stereocenters. The summed E-state index contributed by atoms with van der Waals surface area (Å²) < 4.78 is 44.5. The molecule has 3 aromatic rings. The summed E-state index contributed by atoms with van der Waals surface area (Å²) in [5, 5.41) is 21.1. The summed E-state index contributed by atoms with van der Waals surface area (Å²) in [4.78, 5) is 27.2. The van der Waals surface area contributed by atoms with Crippen LogP contribution in [0.25, 0.3) is 5.76 Å². The molecule has 35 heavy (non-hydrogen) atoms. The van der Waals surface area contributed by atoms with Gasteiger partial charge in [0, 0.05) is 11.3 Å². The first-order chi connectivity index (χ1) is 16.6. The Labute approximate surface area is 198 Å². The number of phenolic OH excluding ortho intramolecular Hbond substituents is 1. The first-order valence-electron chi connectivity index (χ1n) is 10.6. The second-order valence-corrected chi connectivity index (χ2v) is 7.77. The van der Waals surface area contributed by atoms with E-state index in [1.54, 1.807) is 18.2 Å². The Morgan fingerprint density at radius 2 is 1.66 bits per heavy atom. The van der Waals surface area contributed by atoms with Crippen LogP contribution in [0.1, 0.15) is 29.7 Å². The molecule has 1 amide bonds. The number of alkyl halides is 3. The number of benzene rings is 3. The van der Waals surface area contributed by atoms with Crippen molar-refractivity contribution in [2.24, 2.45) is 0 Å². The molecule has 9 heteroatoms. The molecule has 2 N–H and O–H groups in total. The van der Waals surface area contributed by atoms with E-state index >= 15 is 0 Å². The van der Waals surface area contributed by atoms with Gasteiger partial charge in [0.05, 0.1) is 23.8 Å². The number of hydrogen-bond acceptors (Lipinski definition) is 5. The molecule has 1 saturated heterocycles. The molecule has 0 spiro atoms. The number of phenols is 1. The van der Waals surface area contributed by atoms with Crippen LogP contribution in [0, 0.1) is 0 Å². The molecule has 1 atom stereocenters. The van der Waals surface area contributed by atoms with Crippen molar-refractivity contribution in [2.45, 2.75) is 19.1 Å². The van der Waals surface area contributed by atoms with Crippen molar-refractivity contribution in [2.75, 3.05) is 11.5 Å². The molecule has 0 aromatic heterocycles. The minimum atomic E-state index is -4.58. The van der Waals surface area contributed by atoms with Crippen molar-refractivity contribution in [3.63, 3.8) is 0 Å². The summed E-state index contributed by atoms with van der Waals surface area (Å²) in [6, 6.07) is 14.6. The number of nitrogens with zero attached hydrogens (tertiary/aromatic N) is 1. The highest BCUT2D eigenvalue weighted by atomic mass is 19.4. The number of hydrogen-bond donors (Lipinski definition) is 2. The fourth-order valence-corrected chi connectivity index (χ4v) is 3.95. The predicted octanol–water partition coefficient (Wildman–Crippen LogP) is 5.44. The Kier molecular flexibility index (Phi) is 6.26. The van der Waals surface area contributed by atoms with Gasteiger partial charge < -0.3 is 14.9 Å². The van der Waals surface area contributed by atoms with Crippen LogP contribution in [0.3, 0.4) is 0 Å². The molecule has 4 rings (SSSR count). The normalized spacial score (nSPS) is 17.6. The Bertz CT molecular complexity index is 1300. The molecule has 180 valence electrons. The number of ketones is 1. The Morgan fingerprint density at radius 3 is 2.23 bits per heavy atom. The van der Waals surface area contributed by atoms with Crippen LogP contribution < -0.4 is 9.64 Å². The van der Waals surface area contributed by atoms with Crippen LogP contribution >= 0.6 is 0 Å². The summed E-state index contributed by atoms with van der Waals surface area (Å²) in [5.74, 6) is -2.11. The molecule has 1 fully saturated rings. The molecular weight excluding hydrogens is 463 g/mol. The largest absolute Gasteiger partial charge is 0.508 e. The lowest BCUT2D eigenvalue weighted by molar-refractivity contribution is -0.137. The van der Waals surface area contributed by atoms with Crippen molar-refractivity contribution in [1.82, 2.24) is 0 Å². The molecule has 1 aliphatic heterocycles. The average molecular weight is 483 g/mol. The van der Waals surface area contributed by atoms with Crippen molar-refractivity contribution in [3.8, 4) is 11.5 Å². The Hall–Kier alpha value is -4.27. The maximum atomic E-state index is 13.1. The average Bonchev–Trinajstić information content (AvgIpc) is 3.09. The van der Waals surface area contributed by atoms with Gasteiger partial charge in [-0.1, -0.05) is 12.1 Å². The number of aromatic hydroxyl groups is 1. The molecule has 0 aliphatic carbocycles. The van der Waals surface area contributed by atoms with Crippen LogP contribution in [0.2, 0.25) is 0 Å². The second-order valence-electron chi connectivity index (χ2n) is 7.77. The highest BCUT2D eigenvalue weighted by Gasteiger charge is 2.47. The Morgan fingerprint density at radius 1 is 1.00 bits per heavy atom. The van der Waals surface area contributed by atoms with E-state index in [1.807, 2.05) is 6.92 Å². The predicted molar refractivity (Wildman–Crippen MR) is 122 cm³/mol. The maximum Gasteiger partial charge on any atom is 0.416 e. The molecule has 3 aromatic carbocycles. The van der Waals surface area contributed by atoms with E-state index in [4.69, 9.17) is 4.74 Å². The van der Waals surface area contributed by atoms with Gasteiger partial charge in [-0.05, 0) is 73.2 Å². The molecule has 1 heterocycles. The monoisotopic (exact) mass is 483 g/mol. The molecule has 0 bridgehead atoms. The van der Waals surface area contributed by atoms with E-state index in [2.05, 4.69) is 0 Å². The van der Waals surface area contributed by atoms with Crippen molar-refractivity contribution < 1.29 is 37.7 Å². The number of aliphatic hydroxyl groups is 1. The van der Waals surface area contributed by atoms with Gasteiger partial charge in [-0.25, -0.2) is 0 Å². The summed E-state index contributed by atoms with van der Waals surface area (Å²) in [6.45, 7) is 2.24. The van der Waals surface area contributed by atoms with Crippen LogP contribution in [0.4, 0.5) is 18.9 Å². The fraction of sp³-hybridized carbons (Fsp3) is 0.154. The van der Waals surface area contributed by atoms with Crippen molar-refractivity contribution >= 4 is 23.1 Å². The van der Waals surface area contributed by atoms with Gasteiger partial charge >= 0.3 is 6.18 Å². The summed E-state index contributed by atoms with van der Waals surface area (Å²) in [5.41, 5.74) is -0.620. The van der Waals surface area contributed by atoms with Crippen LogP contribution in [0.15, 0.2) is 78.4 Å². The summed E-state index contributed by atoms with van der Waals surface area (Å²) in [6.07, 6.45) is -4.58. The molecule has 0 radical (unpaired) electrons. The molecule has 1 aliphatic rings. The molecule has 0 saturated carbocycles. The quantitative estimate of drug-likeness (QED) is 0.287. The smallest absolute Gasteiger partial charge is 0.416 e. The lowest BCUT2D eigenvalue weighted by atomic mass is 9.95. The number of aliphatic hydroxyl groups excluding tert-OH is 1. The third-order valence-electron chi connectivity index (χ3n) is 5.54. The SMILES string of the molecule is CCOc1ccc(/C(O)=C2\C(=O)C(=O)N(c3ccc(C(F)(F)F)cc3)C2c2cccc(O)c2)cc1. The number of Topliss-reactive ketones (excluding diaryl/α,β-unsaturated/α-hetero) is 1. The number of rotatable bonds is 5. The molecular formula is C26H20F3NO5. The standard InChI is InChI=1S/C26H20F3NO5/c1-2-35-20-12-6-15(7-13-20)23(32)21-22(16-4-3-5-19(31)14-16)30(25(34)24(21)33)18-10-8-17(9-11-18)26(27,28)29/h3-14,22,31-32H,2H2,1H3/b23-21+. The van der Waals surface area contributed by atoms with Crippen LogP contribution in [-0.4, -0.2) is 28.5 Å². The topological polar surface area (TPSA) is 87.1 Å². The van der Waals surface area contributed by atoms with Gasteiger partial charge in [0.2, 0.25) is 0 Å². The van der Waals surface area contributed by atoms with E-state index in [0.717, 1.165) is 29.2 Å². The van der Waals surface area contributed by atoms with Gasteiger partial charge in [0.25, 0.3) is 11.7 Å². The van der Waals surface area contributed by atoms with Gasteiger partial charge in [-0.3, -0.25) is 14.5 Å². The van der Waals surface area contributed by atoms with Gasteiger partial charge in [-0.2, -0.15) is 13.2 Å². The number of carbonyl (C=O) groups excluding carboxylic acids is 2. The maximum absolute atomic E-state index is 13.1. The zero-order valence-corrected chi connectivity index (χ0v) is 18.4. The number of anilines is 1. The van der Waals surface area contributed by atoms with Crippen LogP contribution in [-0.2, 0) is 15.8 Å². The van der Waals surface area contributed by atoms with Crippen molar-refractivity contribution in [1.29, 1.82) is 0 Å². The minimum Gasteiger partial charge on any atom is -0.508 e. The number of halogens is 3. The first-order valence-corrected chi connectivity index (χ1v) is 10.6. The number of ether oxygens (including phenoxy) is 1. The second kappa shape index (κ2) is 9.17. The van der Waals surface area contributed by atoms with E-state index < -0.39 is 35.2 Å². The van der Waals surface area contributed by atoms with Crippen molar-refractivity contribution in [3.05, 3.63) is 95.1 Å². The minimum absolute atomic E-state index is 0.0270. The Balaban J connectivity index is 1.87. The lowest BCUT2D eigenvalue weighted by Gasteiger charge is -2.26. The van der Waals surface area contributed by atoms with E-state index in [-0.39, 0.29) is 28.1 Å². The first kappa shape index (κ1) is 23.9. The zero-order valence-electron chi connectivity index (χ0n) is 18.4. The highest BCUT2D eigenvalue weighted by Crippen LogP contribution is 2.43. The zero-order chi connectivity index (χ0) is 25.3. The third-order valence-corrected chi connectivity index (χ3v) is 5.54. The van der Waals surface area contributed by atoms with E-state index in [0.29, 0.717) is 12.4 Å². The van der Waals surface area contributed by atoms with E-state index in [9.17, 15) is 33.0 Å².